The topological polar surface area (TPSA) is 119 Å². The van der Waals surface area contributed by atoms with Gasteiger partial charge in [-0.3, -0.25) is 4.79 Å². The number of H-pyrrole nitrogens is 1. The summed E-state index contributed by atoms with van der Waals surface area (Å²) in [6, 6.07) is 7.63. The maximum absolute atomic E-state index is 12.0. The molecular weight excluding hydrogens is 306 g/mol. The lowest BCUT2D eigenvalue weighted by Crippen LogP contribution is -2.12. The average Bonchev–Trinajstić information content (AvgIpc) is 3.10. The van der Waals surface area contributed by atoms with Gasteiger partial charge < -0.3 is 10.6 Å². The van der Waals surface area contributed by atoms with Crippen LogP contribution in [0.1, 0.15) is 37.6 Å². The molecule has 0 saturated carbocycles. The van der Waals surface area contributed by atoms with Gasteiger partial charge in [-0.2, -0.15) is 10.5 Å². The Hall–Kier alpha value is -3.21. The Morgan fingerprint density at radius 1 is 1.42 bits per heavy atom. The monoisotopic (exact) mass is 325 g/mol. The molecule has 3 N–H and O–H groups in total. The zero-order chi connectivity index (χ0) is 17.4. The molecule has 0 aliphatic rings. The molecule has 1 amide bonds. The van der Waals surface area contributed by atoms with Gasteiger partial charge in [-0.05, 0) is 36.3 Å². The highest BCUT2D eigenvalue weighted by Crippen LogP contribution is 2.24. The van der Waals surface area contributed by atoms with Crippen molar-refractivity contribution in [2.45, 2.75) is 33.1 Å². The number of nitrogens with one attached hydrogen (secondary N) is 3. The van der Waals surface area contributed by atoms with Gasteiger partial charge in [0.1, 0.15) is 11.6 Å². The quantitative estimate of drug-likeness (QED) is 0.673. The summed E-state index contributed by atoms with van der Waals surface area (Å²) in [5, 5.41) is 28.4. The van der Waals surface area contributed by atoms with Crippen molar-refractivity contribution in [1.29, 1.82) is 5.26 Å². The molecular formula is C16H19N7O. The number of unbranched alkanes of at least 4 members (excludes halogenated alkanes) is 1. The molecule has 8 nitrogen and oxygen atoms in total. The minimum Gasteiger partial charge on any atom is -0.359 e. The molecule has 1 aromatic heterocycles. The fourth-order valence-electron chi connectivity index (χ4n) is 2.01. The van der Waals surface area contributed by atoms with Crippen molar-refractivity contribution in [1.82, 2.24) is 20.6 Å². The van der Waals surface area contributed by atoms with E-state index in [2.05, 4.69) is 31.3 Å². The third-order valence-electron chi connectivity index (χ3n) is 3.29. The Morgan fingerprint density at radius 2 is 2.25 bits per heavy atom. The molecule has 8 heteroatoms. The number of nitriles is 1. The number of aromatic amines is 1. The minimum atomic E-state index is -0.0357. The molecule has 24 heavy (non-hydrogen) atoms. The summed E-state index contributed by atoms with van der Waals surface area (Å²) in [5.41, 5.74) is 2.60. The van der Waals surface area contributed by atoms with E-state index in [-0.39, 0.29) is 17.3 Å². The second-order valence-corrected chi connectivity index (χ2v) is 5.25. The second kappa shape index (κ2) is 8.43. The summed E-state index contributed by atoms with van der Waals surface area (Å²) < 4.78 is 0. The van der Waals surface area contributed by atoms with Crippen LogP contribution < -0.4 is 10.6 Å². The number of aromatic nitrogens is 4. The molecule has 1 heterocycles. The summed E-state index contributed by atoms with van der Waals surface area (Å²) in [6.45, 7) is 3.99. The first-order valence-electron chi connectivity index (χ1n) is 7.65. The maximum Gasteiger partial charge on any atom is 0.224 e. The first-order chi connectivity index (χ1) is 11.6. The van der Waals surface area contributed by atoms with Gasteiger partial charge in [-0.15, -0.1) is 10.2 Å². The Kier molecular flexibility index (Phi) is 6.02. The van der Waals surface area contributed by atoms with Crippen LogP contribution in [0.25, 0.3) is 5.57 Å². The number of carbonyl (C=O) groups excluding carboxylic acids is 1. The molecule has 0 unspecified atom stereocenters. The largest absolute Gasteiger partial charge is 0.359 e. The van der Waals surface area contributed by atoms with E-state index in [0.29, 0.717) is 17.8 Å². The lowest BCUT2D eigenvalue weighted by atomic mass is 10.1. The Labute approximate surface area is 140 Å². The molecule has 2 rings (SSSR count). The van der Waals surface area contributed by atoms with E-state index < -0.39 is 0 Å². The molecule has 124 valence electrons. The van der Waals surface area contributed by atoms with Crippen LogP contribution in [0, 0.1) is 18.3 Å². The normalized spacial score (nSPS) is 11.0. The average molecular weight is 325 g/mol. The van der Waals surface area contributed by atoms with E-state index in [1.165, 1.54) is 6.20 Å². The van der Waals surface area contributed by atoms with Crippen molar-refractivity contribution in [3.8, 4) is 6.07 Å². The second-order valence-electron chi connectivity index (χ2n) is 5.25. The predicted octanol–water partition coefficient (Wildman–Crippen LogP) is 2.61. The predicted molar refractivity (Wildman–Crippen MR) is 90.7 cm³/mol. The molecule has 0 radical (unpaired) electrons. The van der Waals surface area contributed by atoms with Gasteiger partial charge in [0.15, 0.2) is 0 Å². The molecule has 0 spiro atoms. The number of amides is 1. The van der Waals surface area contributed by atoms with Gasteiger partial charge in [-0.1, -0.05) is 19.4 Å². The first-order valence-corrected chi connectivity index (χ1v) is 7.65. The van der Waals surface area contributed by atoms with Crippen molar-refractivity contribution in [2.24, 2.45) is 0 Å². The van der Waals surface area contributed by atoms with Crippen molar-refractivity contribution in [3.63, 3.8) is 0 Å². The van der Waals surface area contributed by atoms with Crippen molar-refractivity contribution in [3.05, 3.63) is 35.8 Å². The Morgan fingerprint density at radius 3 is 2.92 bits per heavy atom. The van der Waals surface area contributed by atoms with Gasteiger partial charge in [0.05, 0.1) is 11.4 Å². The third-order valence-corrected chi connectivity index (χ3v) is 3.29. The van der Waals surface area contributed by atoms with E-state index in [1.807, 2.05) is 38.1 Å². The molecule has 0 aliphatic carbocycles. The number of tetrazole rings is 1. The SMILES string of the molecule is CCCCC(=O)Nc1ccc(C)cc1NC=C(C#N)c1nn[nH]n1. The zero-order valence-electron chi connectivity index (χ0n) is 13.6. The molecule has 0 aliphatic heterocycles. The summed E-state index contributed by atoms with van der Waals surface area (Å²) >= 11 is 0. The highest BCUT2D eigenvalue weighted by molar-refractivity contribution is 5.94. The number of hydrogen-bond donors (Lipinski definition) is 3. The van der Waals surface area contributed by atoms with Crippen LogP contribution in [0.4, 0.5) is 11.4 Å². The number of aryl methyl sites for hydroxylation is 1. The van der Waals surface area contributed by atoms with Crippen molar-refractivity contribution >= 4 is 22.9 Å². The fourth-order valence-corrected chi connectivity index (χ4v) is 2.01. The van der Waals surface area contributed by atoms with Crippen LogP contribution in [0.15, 0.2) is 24.4 Å². The van der Waals surface area contributed by atoms with Gasteiger partial charge in [0.25, 0.3) is 0 Å². The number of rotatable bonds is 7. The highest BCUT2D eigenvalue weighted by Gasteiger charge is 2.09. The number of carbonyl (C=O) groups is 1. The van der Waals surface area contributed by atoms with E-state index in [4.69, 9.17) is 0 Å². The molecule has 0 fully saturated rings. The molecule has 2 aromatic rings. The van der Waals surface area contributed by atoms with Gasteiger partial charge in [0, 0.05) is 12.6 Å². The number of anilines is 2. The van der Waals surface area contributed by atoms with E-state index in [9.17, 15) is 10.1 Å². The van der Waals surface area contributed by atoms with E-state index >= 15 is 0 Å². The first kappa shape index (κ1) is 17.1. The lowest BCUT2D eigenvalue weighted by molar-refractivity contribution is -0.116. The van der Waals surface area contributed by atoms with E-state index in [1.54, 1.807) is 0 Å². The summed E-state index contributed by atoms with van der Waals surface area (Å²) in [4.78, 5) is 12.0. The van der Waals surface area contributed by atoms with Crippen LogP contribution >= 0.6 is 0 Å². The van der Waals surface area contributed by atoms with Gasteiger partial charge in [-0.25, -0.2) is 0 Å². The smallest absolute Gasteiger partial charge is 0.224 e. The number of benzene rings is 1. The lowest BCUT2D eigenvalue weighted by Gasteiger charge is -2.12. The summed E-state index contributed by atoms with van der Waals surface area (Å²) in [5.74, 6) is 0.164. The Balaban J connectivity index is 2.18. The molecule has 0 bridgehead atoms. The van der Waals surface area contributed by atoms with Crippen LogP contribution in [0.3, 0.4) is 0 Å². The standard InChI is InChI=1S/C16H19N7O/c1-3-4-5-15(24)19-13-7-6-11(2)8-14(13)18-10-12(9-17)16-20-22-23-21-16/h6-8,10,18H,3-5H2,1-2H3,(H,19,24)(H,20,21,22,23). The fraction of sp³-hybridized carbons (Fsp3) is 0.312. The highest BCUT2D eigenvalue weighted by atomic mass is 16.1. The number of hydrogen-bond acceptors (Lipinski definition) is 6. The number of nitrogens with zero attached hydrogens (tertiary/aromatic N) is 4. The van der Waals surface area contributed by atoms with Gasteiger partial charge in [0.2, 0.25) is 11.7 Å². The minimum absolute atomic E-state index is 0.0357. The van der Waals surface area contributed by atoms with Crippen LogP contribution in [0.2, 0.25) is 0 Å². The summed E-state index contributed by atoms with van der Waals surface area (Å²) in [7, 11) is 0. The molecule has 0 atom stereocenters. The van der Waals surface area contributed by atoms with E-state index in [0.717, 1.165) is 18.4 Å². The Bertz CT molecular complexity index is 759. The van der Waals surface area contributed by atoms with Crippen molar-refractivity contribution < 1.29 is 4.79 Å². The summed E-state index contributed by atoms with van der Waals surface area (Å²) in [6.07, 6.45) is 3.77. The molecule has 0 saturated heterocycles. The number of allylic oxidation sites excluding steroid dienone is 1. The van der Waals surface area contributed by atoms with Gasteiger partial charge >= 0.3 is 0 Å². The van der Waals surface area contributed by atoms with Crippen LogP contribution in [0.5, 0.6) is 0 Å². The van der Waals surface area contributed by atoms with Crippen LogP contribution in [-0.2, 0) is 4.79 Å². The zero-order valence-corrected chi connectivity index (χ0v) is 13.6. The molecule has 1 aromatic carbocycles. The van der Waals surface area contributed by atoms with Crippen LogP contribution in [-0.4, -0.2) is 26.5 Å². The van der Waals surface area contributed by atoms with Crippen molar-refractivity contribution in [2.75, 3.05) is 10.6 Å². The third kappa shape index (κ3) is 4.64. The maximum atomic E-state index is 12.0.